The van der Waals surface area contributed by atoms with Gasteiger partial charge in [-0.2, -0.15) is 0 Å². The van der Waals surface area contributed by atoms with Crippen LogP contribution < -0.4 is 5.32 Å². The molecule has 0 atom stereocenters. The number of benzene rings is 2. The minimum absolute atomic E-state index is 0.126. The molecular weight excluding hydrogens is 300 g/mol. The highest BCUT2D eigenvalue weighted by Crippen LogP contribution is 2.28. The maximum Gasteiger partial charge on any atom is 0.259 e. The van der Waals surface area contributed by atoms with Crippen molar-refractivity contribution in [2.45, 2.75) is 5.88 Å². The Kier molecular flexibility index (Phi) is 3.94. The summed E-state index contributed by atoms with van der Waals surface area (Å²) in [6.07, 6.45) is 1.58. The van der Waals surface area contributed by atoms with Crippen molar-refractivity contribution < 1.29 is 9.90 Å². The van der Waals surface area contributed by atoms with Crippen LogP contribution in [0.4, 0.5) is 5.69 Å². The van der Waals surface area contributed by atoms with Crippen molar-refractivity contribution >= 4 is 34.1 Å². The summed E-state index contributed by atoms with van der Waals surface area (Å²) in [6, 6.07) is 14.2. The van der Waals surface area contributed by atoms with Crippen molar-refractivity contribution in [1.29, 1.82) is 0 Å². The number of para-hydroxylation sites is 1. The van der Waals surface area contributed by atoms with E-state index >= 15 is 0 Å². The number of nitrogens with zero attached hydrogens (tertiary/aromatic N) is 1. The van der Waals surface area contributed by atoms with Crippen molar-refractivity contribution in [3.05, 3.63) is 65.9 Å². The van der Waals surface area contributed by atoms with Gasteiger partial charge in [-0.15, -0.1) is 11.6 Å². The van der Waals surface area contributed by atoms with Gasteiger partial charge >= 0.3 is 0 Å². The number of anilines is 1. The van der Waals surface area contributed by atoms with Crippen molar-refractivity contribution in [3.8, 4) is 5.75 Å². The molecule has 5 heteroatoms. The number of nitrogens with one attached hydrogen (secondary N) is 1. The van der Waals surface area contributed by atoms with Gasteiger partial charge in [0, 0.05) is 23.2 Å². The molecule has 2 aromatic carbocycles. The summed E-state index contributed by atoms with van der Waals surface area (Å²) in [6.45, 7) is 0. The Morgan fingerprint density at radius 1 is 1.14 bits per heavy atom. The van der Waals surface area contributed by atoms with Crippen LogP contribution in [0, 0.1) is 0 Å². The van der Waals surface area contributed by atoms with Crippen LogP contribution in [0.2, 0.25) is 0 Å². The van der Waals surface area contributed by atoms with Crippen LogP contribution in [0.15, 0.2) is 54.7 Å². The molecule has 0 aliphatic carbocycles. The van der Waals surface area contributed by atoms with Crippen LogP contribution >= 0.6 is 11.6 Å². The molecule has 0 aliphatic heterocycles. The second kappa shape index (κ2) is 6.03. The quantitative estimate of drug-likeness (QED) is 0.720. The molecule has 3 rings (SSSR count). The topological polar surface area (TPSA) is 62.2 Å². The Bertz CT molecular complexity index is 849. The van der Waals surface area contributed by atoms with Crippen molar-refractivity contribution in [1.82, 2.24) is 4.98 Å². The van der Waals surface area contributed by atoms with Gasteiger partial charge in [0.05, 0.1) is 5.56 Å². The number of aromatic nitrogens is 1. The number of carbonyl (C=O) groups excluding carboxylic acids is 1. The van der Waals surface area contributed by atoms with E-state index in [0.29, 0.717) is 17.1 Å². The van der Waals surface area contributed by atoms with E-state index in [0.717, 1.165) is 10.9 Å². The zero-order valence-corrected chi connectivity index (χ0v) is 12.3. The number of hydrogen-bond acceptors (Lipinski definition) is 3. The molecule has 2 N–H and O–H groups in total. The summed E-state index contributed by atoms with van der Waals surface area (Å²) in [5.74, 6) is -0.233. The first kappa shape index (κ1) is 14.4. The Balaban J connectivity index is 1.97. The molecule has 1 heterocycles. The smallest absolute Gasteiger partial charge is 0.259 e. The molecule has 0 spiro atoms. The zero-order chi connectivity index (χ0) is 15.5. The number of hydrogen-bond donors (Lipinski definition) is 2. The third-order valence-corrected chi connectivity index (χ3v) is 3.69. The Hall–Kier alpha value is -2.59. The molecule has 110 valence electrons. The summed E-state index contributed by atoms with van der Waals surface area (Å²) in [5, 5.41) is 13.8. The predicted octanol–water partition coefficient (Wildman–Crippen LogP) is 3.93. The summed E-state index contributed by atoms with van der Waals surface area (Å²) >= 11 is 5.86. The second-order valence-electron chi connectivity index (χ2n) is 4.78. The molecule has 0 radical (unpaired) electrons. The number of phenols is 1. The predicted molar refractivity (Wildman–Crippen MR) is 87.4 cm³/mol. The summed E-state index contributed by atoms with van der Waals surface area (Å²) in [5.41, 5.74) is 2.02. The molecule has 22 heavy (non-hydrogen) atoms. The molecule has 0 aliphatic rings. The zero-order valence-electron chi connectivity index (χ0n) is 11.6. The number of pyridine rings is 1. The number of halogens is 1. The molecule has 0 saturated heterocycles. The summed E-state index contributed by atoms with van der Waals surface area (Å²) in [4.78, 5) is 16.5. The maximum absolute atomic E-state index is 12.4. The highest BCUT2D eigenvalue weighted by molar-refractivity contribution is 6.18. The van der Waals surface area contributed by atoms with Crippen molar-refractivity contribution in [3.63, 3.8) is 0 Å². The average molecular weight is 313 g/mol. The largest absolute Gasteiger partial charge is 0.505 e. The van der Waals surface area contributed by atoms with Crippen LogP contribution in [0.1, 0.15) is 15.9 Å². The lowest BCUT2D eigenvalue weighted by atomic mass is 10.1. The van der Waals surface area contributed by atoms with E-state index < -0.39 is 5.91 Å². The molecule has 3 aromatic rings. The van der Waals surface area contributed by atoms with E-state index in [1.54, 1.807) is 30.5 Å². The van der Waals surface area contributed by atoms with E-state index in [1.165, 1.54) is 0 Å². The van der Waals surface area contributed by atoms with E-state index in [4.69, 9.17) is 11.6 Å². The molecule has 0 fully saturated rings. The fourth-order valence-electron chi connectivity index (χ4n) is 2.26. The number of carbonyl (C=O) groups is 1. The Labute approximate surface area is 132 Å². The van der Waals surface area contributed by atoms with Crippen LogP contribution in [0.25, 0.3) is 10.9 Å². The van der Waals surface area contributed by atoms with Crippen LogP contribution in [-0.4, -0.2) is 16.0 Å². The first-order chi connectivity index (χ1) is 10.7. The third-order valence-electron chi connectivity index (χ3n) is 3.40. The Morgan fingerprint density at radius 2 is 1.95 bits per heavy atom. The van der Waals surface area contributed by atoms with Gasteiger partial charge in [-0.05, 0) is 23.8 Å². The van der Waals surface area contributed by atoms with Crippen LogP contribution in [-0.2, 0) is 5.88 Å². The molecule has 1 amide bonds. The first-order valence-corrected chi connectivity index (χ1v) is 7.26. The molecular formula is C17H13ClN2O2. The summed E-state index contributed by atoms with van der Waals surface area (Å²) in [7, 11) is 0. The summed E-state index contributed by atoms with van der Waals surface area (Å²) < 4.78 is 0. The standard InChI is InChI=1S/C17H13ClN2O2/c18-10-12-4-1-2-6-14(12)20-17(22)13-8-7-11-5-3-9-19-15(11)16(13)21/h1-9,21H,10H2,(H,20,22). The van der Waals surface area contributed by atoms with Crippen LogP contribution in [0.5, 0.6) is 5.75 Å². The first-order valence-electron chi connectivity index (χ1n) is 6.72. The molecule has 0 unspecified atom stereocenters. The van der Waals surface area contributed by atoms with E-state index in [2.05, 4.69) is 10.3 Å². The van der Waals surface area contributed by atoms with E-state index in [-0.39, 0.29) is 11.3 Å². The van der Waals surface area contributed by atoms with Gasteiger partial charge in [0.1, 0.15) is 5.52 Å². The minimum Gasteiger partial charge on any atom is -0.505 e. The number of fused-ring (bicyclic) bond motifs is 1. The van der Waals surface area contributed by atoms with Crippen LogP contribution in [0.3, 0.4) is 0 Å². The van der Waals surface area contributed by atoms with Gasteiger partial charge in [-0.25, -0.2) is 0 Å². The molecule has 1 aromatic heterocycles. The second-order valence-corrected chi connectivity index (χ2v) is 5.05. The lowest BCUT2D eigenvalue weighted by molar-refractivity contribution is 0.102. The minimum atomic E-state index is -0.400. The normalized spacial score (nSPS) is 10.6. The van der Waals surface area contributed by atoms with Crippen molar-refractivity contribution in [2.24, 2.45) is 0 Å². The monoisotopic (exact) mass is 312 g/mol. The van der Waals surface area contributed by atoms with E-state index in [9.17, 15) is 9.90 Å². The number of rotatable bonds is 3. The maximum atomic E-state index is 12.4. The number of phenolic OH excluding ortho intramolecular Hbond substituents is 1. The number of aromatic hydroxyl groups is 1. The average Bonchev–Trinajstić information content (AvgIpc) is 2.56. The highest BCUT2D eigenvalue weighted by atomic mass is 35.5. The fourth-order valence-corrected chi connectivity index (χ4v) is 2.49. The fraction of sp³-hybridized carbons (Fsp3) is 0.0588. The number of alkyl halides is 1. The van der Waals surface area contributed by atoms with Gasteiger partial charge in [-0.3, -0.25) is 9.78 Å². The highest BCUT2D eigenvalue weighted by Gasteiger charge is 2.15. The van der Waals surface area contributed by atoms with Gasteiger partial charge in [0.2, 0.25) is 0 Å². The van der Waals surface area contributed by atoms with Gasteiger partial charge in [-0.1, -0.05) is 30.3 Å². The van der Waals surface area contributed by atoms with Crippen molar-refractivity contribution in [2.75, 3.05) is 5.32 Å². The number of amides is 1. The SMILES string of the molecule is O=C(Nc1ccccc1CCl)c1ccc2cccnc2c1O. The molecule has 0 saturated carbocycles. The third kappa shape index (κ3) is 2.61. The van der Waals surface area contributed by atoms with Gasteiger partial charge in [0.15, 0.2) is 5.75 Å². The lowest BCUT2D eigenvalue weighted by Crippen LogP contribution is -2.13. The van der Waals surface area contributed by atoms with Gasteiger partial charge in [0.25, 0.3) is 5.91 Å². The lowest BCUT2D eigenvalue weighted by Gasteiger charge is -2.11. The Morgan fingerprint density at radius 3 is 2.77 bits per heavy atom. The molecule has 0 bridgehead atoms. The molecule has 4 nitrogen and oxygen atoms in total. The van der Waals surface area contributed by atoms with Gasteiger partial charge < -0.3 is 10.4 Å². The van der Waals surface area contributed by atoms with E-state index in [1.807, 2.05) is 24.3 Å².